The molecule has 14 nitrogen and oxygen atoms in total. The second kappa shape index (κ2) is 18.6. The lowest BCUT2D eigenvalue weighted by molar-refractivity contribution is -0.137. The molecule has 4 aliphatic heterocycles. The van der Waals surface area contributed by atoms with Crippen LogP contribution in [0.1, 0.15) is 63.5 Å². The number of carbonyl (C=O) groups excluding carboxylic acids is 4. The normalized spacial score (nSPS) is 22.9. The number of hydrogen-bond acceptors (Lipinski definition) is 10. The van der Waals surface area contributed by atoms with E-state index in [1.807, 2.05) is 9.80 Å². The number of fused-ring (bicyclic) bond motifs is 2. The van der Waals surface area contributed by atoms with Crippen molar-refractivity contribution in [3.8, 4) is 11.1 Å². The number of hydrogen-bond donors (Lipinski definition) is 2. The zero-order chi connectivity index (χ0) is 43.7. The number of amides is 4. The first-order chi connectivity index (χ1) is 30.1. The second-order valence-corrected chi connectivity index (χ2v) is 16.9. The van der Waals surface area contributed by atoms with Gasteiger partial charge in [0.05, 0.1) is 64.9 Å². The van der Waals surface area contributed by atoms with Gasteiger partial charge in [-0.05, 0) is 119 Å². The summed E-state index contributed by atoms with van der Waals surface area (Å²) in [6.07, 6.45) is 2.53. The number of carbonyl (C=O) groups is 4. The quantitative estimate of drug-likeness (QED) is 0.252. The summed E-state index contributed by atoms with van der Waals surface area (Å²) in [5.74, 6) is -0.346. The van der Waals surface area contributed by atoms with Crippen molar-refractivity contribution in [3.63, 3.8) is 0 Å². The van der Waals surface area contributed by atoms with Crippen LogP contribution in [0.5, 0.6) is 0 Å². The summed E-state index contributed by atoms with van der Waals surface area (Å²) in [4.78, 5) is 56.1. The molecule has 2 aliphatic carbocycles. The molecule has 0 spiro atoms. The van der Waals surface area contributed by atoms with Crippen LogP contribution >= 0.6 is 0 Å². The van der Waals surface area contributed by atoms with Crippen LogP contribution in [0.2, 0.25) is 0 Å². The van der Waals surface area contributed by atoms with Crippen molar-refractivity contribution in [1.82, 2.24) is 20.4 Å². The largest absolute Gasteiger partial charge is 0.453 e. The molecule has 2 aromatic rings. The Morgan fingerprint density at radius 3 is 1.26 bits per heavy atom. The minimum Gasteiger partial charge on any atom is -0.453 e. The molecule has 4 saturated heterocycles. The van der Waals surface area contributed by atoms with E-state index in [4.69, 9.17) is 28.4 Å². The van der Waals surface area contributed by atoms with Crippen LogP contribution in [0, 0.1) is 0 Å². The minimum absolute atomic E-state index is 0.0865. The molecule has 2 N–H and O–H groups in total. The van der Waals surface area contributed by atoms with Gasteiger partial charge in [0.25, 0.3) is 0 Å². The first-order valence-electron chi connectivity index (χ1n) is 21.7. The molecule has 62 heavy (non-hydrogen) atoms. The smallest absolute Gasteiger partial charge is 0.407 e. The fourth-order valence-corrected chi connectivity index (χ4v) is 10.2. The lowest BCUT2D eigenvalue weighted by Gasteiger charge is -2.32. The molecule has 4 heterocycles. The molecule has 8 rings (SSSR count). The number of likely N-dealkylation sites (tertiary alicyclic amines) is 2. The Bertz CT molecular complexity index is 2050. The van der Waals surface area contributed by atoms with Crippen LogP contribution in [-0.2, 0) is 38.0 Å². The van der Waals surface area contributed by atoms with Crippen molar-refractivity contribution in [1.29, 1.82) is 0 Å². The van der Waals surface area contributed by atoms with E-state index in [0.29, 0.717) is 39.5 Å². The van der Waals surface area contributed by atoms with E-state index in [-0.39, 0.29) is 23.9 Å². The Balaban J connectivity index is 0.954. The van der Waals surface area contributed by atoms with Crippen LogP contribution in [0.4, 0.5) is 9.59 Å². The van der Waals surface area contributed by atoms with Crippen LogP contribution in [0.15, 0.2) is 82.0 Å². The summed E-state index contributed by atoms with van der Waals surface area (Å²) in [6.45, 7) is 6.89. The summed E-state index contributed by atoms with van der Waals surface area (Å²) in [5.41, 5.74) is 14.3. The van der Waals surface area contributed by atoms with Crippen LogP contribution in [-0.4, -0.2) is 138 Å². The van der Waals surface area contributed by atoms with Crippen LogP contribution < -0.4 is 10.6 Å². The average Bonchev–Trinajstić information content (AvgIpc) is 4.16. The summed E-state index contributed by atoms with van der Waals surface area (Å²) in [6, 6.07) is 15.5. The van der Waals surface area contributed by atoms with Gasteiger partial charge < -0.3 is 48.9 Å². The number of nitrogens with one attached hydrogen (secondary N) is 2. The zero-order valence-corrected chi connectivity index (χ0v) is 36.5. The predicted octanol–water partition coefficient (Wildman–Crippen LogP) is 5.82. The van der Waals surface area contributed by atoms with Crippen molar-refractivity contribution >= 4 is 35.1 Å². The van der Waals surface area contributed by atoms with Crippen molar-refractivity contribution in [2.24, 2.45) is 0 Å². The highest BCUT2D eigenvalue weighted by Gasteiger charge is 2.44. The first kappa shape index (κ1) is 43.4. The maximum absolute atomic E-state index is 14.0. The number of nitrogens with zero attached hydrogens (tertiary/aromatic N) is 2. The minimum atomic E-state index is -0.865. The second-order valence-electron chi connectivity index (χ2n) is 16.9. The Hall–Kier alpha value is -5.28. The third-order valence-corrected chi connectivity index (χ3v) is 13.8. The van der Waals surface area contributed by atoms with Gasteiger partial charge in [0.2, 0.25) is 11.8 Å². The highest BCUT2D eigenvalue weighted by molar-refractivity contribution is 5.89. The summed E-state index contributed by atoms with van der Waals surface area (Å²) < 4.78 is 32.7. The standard InChI is InChI=1S/C48H58N4O10/c1-27(57-3)43(49-47(55)59-5)45(53)51-19-7-9-41(51)35-21-33(37-23-61-25-39(35)37)31-15-11-29(12-16-31)30-13-17-32(18-14-30)34-22-36(40-26-62-24-38(34)40)42-10-8-20-52(42)46(54)44(28(2)58-4)50-48(56)60-6/h11-18,27-28,41-44H,7-10,19-26H2,1-6H3,(H,49,55)(H,50,56)/t27-,28-,41+,42+,43+,44+/m1/s1. The maximum Gasteiger partial charge on any atom is 0.407 e. The molecule has 2 aromatic carbocycles. The average molecular weight is 851 g/mol. The fourth-order valence-electron chi connectivity index (χ4n) is 10.2. The number of methoxy groups -OCH3 is 4. The molecule has 0 aromatic heterocycles. The number of rotatable bonds is 13. The predicted molar refractivity (Wildman–Crippen MR) is 232 cm³/mol. The van der Waals surface area contributed by atoms with E-state index in [9.17, 15) is 19.2 Å². The van der Waals surface area contributed by atoms with Gasteiger partial charge in [-0.15, -0.1) is 0 Å². The van der Waals surface area contributed by atoms with Crippen LogP contribution in [0.25, 0.3) is 22.3 Å². The Morgan fingerprint density at radius 2 is 0.903 bits per heavy atom. The van der Waals surface area contributed by atoms with Gasteiger partial charge in [0, 0.05) is 27.3 Å². The number of alkyl carbamates (subject to hydrolysis) is 2. The number of allylic oxidation sites excluding steroid dienone is 2. The van der Waals surface area contributed by atoms with Gasteiger partial charge in [-0.1, -0.05) is 48.5 Å². The van der Waals surface area contributed by atoms with E-state index >= 15 is 0 Å². The first-order valence-corrected chi connectivity index (χ1v) is 21.7. The van der Waals surface area contributed by atoms with Gasteiger partial charge in [0.15, 0.2) is 0 Å². The summed E-state index contributed by atoms with van der Waals surface area (Å²) in [5, 5.41) is 5.39. The summed E-state index contributed by atoms with van der Waals surface area (Å²) in [7, 11) is 5.63. The van der Waals surface area contributed by atoms with Crippen molar-refractivity contribution in [2.45, 2.75) is 88.7 Å². The lowest BCUT2D eigenvalue weighted by Crippen LogP contribution is -2.55. The monoisotopic (exact) mass is 850 g/mol. The molecular weight excluding hydrogens is 793 g/mol. The highest BCUT2D eigenvalue weighted by Crippen LogP contribution is 2.47. The molecule has 0 bridgehead atoms. The lowest BCUT2D eigenvalue weighted by atomic mass is 9.93. The van der Waals surface area contributed by atoms with Gasteiger partial charge in [0.1, 0.15) is 12.1 Å². The molecule has 6 aliphatic rings. The van der Waals surface area contributed by atoms with E-state index in [1.54, 1.807) is 13.8 Å². The Morgan fingerprint density at radius 1 is 0.548 bits per heavy atom. The Kier molecular flexibility index (Phi) is 13.0. The molecule has 6 atom stereocenters. The number of ether oxygens (including phenoxy) is 6. The third kappa shape index (κ3) is 8.21. The van der Waals surface area contributed by atoms with Gasteiger partial charge in [-0.3, -0.25) is 9.59 Å². The molecule has 330 valence electrons. The molecule has 0 unspecified atom stereocenters. The molecule has 14 heteroatoms. The van der Waals surface area contributed by atoms with Crippen LogP contribution in [0.3, 0.4) is 0 Å². The van der Waals surface area contributed by atoms with Gasteiger partial charge in [-0.2, -0.15) is 0 Å². The fraction of sp³-hybridized carbons (Fsp3) is 0.500. The molecule has 0 saturated carbocycles. The molecule has 0 radical (unpaired) electrons. The van der Waals surface area contributed by atoms with E-state index in [2.05, 4.69) is 59.2 Å². The third-order valence-electron chi connectivity index (χ3n) is 13.8. The molecule has 4 fully saturated rings. The highest BCUT2D eigenvalue weighted by atomic mass is 16.5. The van der Waals surface area contributed by atoms with Gasteiger partial charge >= 0.3 is 12.2 Å². The van der Waals surface area contributed by atoms with E-state index in [1.165, 1.54) is 73.0 Å². The van der Waals surface area contributed by atoms with Crippen molar-refractivity contribution in [2.75, 3.05) is 68.0 Å². The van der Waals surface area contributed by atoms with E-state index < -0.39 is 36.5 Å². The van der Waals surface area contributed by atoms with E-state index in [0.717, 1.165) is 60.8 Å². The van der Waals surface area contributed by atoms with Gasteiger partial charge in [-0.25, -0.2) is 9.59 Å². The van der Waals surface area contributed by atoms with Crippen molar-refractivity contribution in [3.05, 3.63) is 93.1 Å². The van der Waals surface area contributed by atoms with Crippen molar-refractivity contribution < 1.29 is 47.6 Å². The SMILES string of the molecule is COC(=O)N[C@H](C(=O)N1CCC[C@H]1C1=C2COCC2=C(c2ccc(-c3ccc(C4=C5COCC5=C([C@@H]5CCCN5C(=O)[C@@H](NC(=O)OC)[C@@H](C)OC)C4)cc3)cc2)C1)[C@@H](C)OC. The maximum atomic E-state index is 14.0. The molecular formula is C48H58N4O10. The summed E-state index contributed by atoms with van der Waals surface area (Å²) >= 11 is 0. The molecule has 4 amide bonds. The topological polar surface area (TPSA) is 154 Å². The Labute approximate surface area is 363 Å². The number of benzene rings is 2. The zero-order valence-electron chi connectivity index (χ0n) is 36.5.